The number of hydrogen-bond donors (Lipinski definition) is 0. The van der Waals surface area contributed by atoms with Gasteiger partial charge >= 0.3 is 0 Å². The molecule has 1 unspecified atom stereocenters. The highest BCUT2D eigenvalue weighted by Crippen LogP contribution is 2.52. The average Bonchev–Trinajstić information content (AvgIpc) is 2.65. The molecule has 0 radical (unpaired) electrons. The Hall–Kier alpha value is -0.570. The van der Waals surface area contributed by atoms with Crippen molar-refractivity contribution in [2.45, 2.75) is 39.7 Å². The van der Waals surface area contributed by atoms with Gasteiger partial charge in [-0.3, -0.25) is 0 Å². The summed E-state index contributed by atoms with van der Waals surface area (Å²) in [5.41, 5.74) is 0.999. The number of benzene rings is 1. The van der Waals surface area contributed by atoms with Crippen molar-refractivity contribution < 1.29 is 13.8 Å². The van der Waals surface area contributed by atoms with Crippen molar-refractivity contribution in [2.24, 2.45) is 0 Å². The number of rotatable bonds is 5. The van der Waals surface area contributed by atoms with Gasteiger partial charge in [-0.05, 0) is 38.6 Å². The number of hydrogen-bond acceptors (Lipinski definition) is 4. The summed E-state index contributed by atoms with van der Waals surface area (Å²) in [7, 11) is 0. The smallest absolute Gasteiger partial charge is 0.238 e. The Bertz CT molecular complexity index is 513. The molecule has 0 fully saturated rings. The molecule has 0 aromatic heterocycles. The zero-order chi connectivity index (χ0) is 14.1. The average molecular weight is 300 g/mol. The first kappa shape index (κ1) is 14.8. The lowest BCUT2D eigenvalue weighted by Crippen LogP contribution is -2.24. The van der Waals surface area contributed by atoms with Gasteiger partial charge in [0.25, 0.3) is 0 Å². The lowest BCUT2D eigenvalue weighted by Gasteiger charge is -2.23. The van der Waals surface area contributed by atoms with E-state index in [1.54, 1.807) is 0 Å². The van der Waals surface area contributed by atoms with Crippen molar-refractivity contribution in [1.29, 1.82) is 0 Å². The lowest BCUT2D eigenvalue weighted by molar-refractivity contribution is 0.135. The van der Waals surface area contributed by atoms with E-state index in [9.17, 15) is 0 Å². The number of para-hydroxylation sites is 1. The van der Waals surface area contributed by atoms with Crippen LogP contribution in [0.2, 0.25) is 0 Å². The quantitative estimate of drug-likeness (QED) is 0.764. The molecule has 0 spiro atoms. The highest BCUT2D eigenvalue weighted by Gasteiger charge is 2.33. The van der Waals surface area contributed by atoms with Gasteiger partial charge in [-0.25, -0.2) is 0 Å². The lowest BCUT2D eigenvalue weighted by atomic mass is 10.0. The second-order valence-electron chi connectivity index (χ2n) is 5.22. The van der Waals surface area contributed by atoms with Crippen molar-refractivity contribution >= 4 is 18.3 Å². The Kier molecular flexibility index (Phi) is 4.24. The summed E-state index contributed by atoms with van der Waals surface area (Å²) in [6.45, 7) is 6.43. The second kappa shape index (κ2) is 5.43. The van der Waals surface area contributed by atoms with Crippen LogP contribution in [0.4, 0.5) is 0 Å². The molecule has 1 atom stereocenters. The summed E-state index contributed by atoms with van der Waals surface area (Å²) in [6.07, 6.45) is 1.60. The molecule has 3 nitrogen and oxygen atoms in total. The molecule has 0 saturated heterocycles. The van der Waals surface area contributed by atoms with Gasteiger partial charge in [0.1, 0.15) is 5.60 Å². The van der Waals surface area contributed by atoms with Crippen molar-refractivity contribution in [3.8, 4) is 11.5 Å². The van der Waals surface area contributed by atoms with Gasteiger partial charge in [-0.15, -0.1) is 0 Å². The van der Waals surface area contributed by atoms with Crippen LogP contribution < -0.4 is 9.26 Å². The van der Waals surface area contributed by atoms with E-state index in [0.717, 1.165) is 17.9 Å². The number of ether oxygens (including phenoxy) is 1. The molecule has 0 aliphatic carbocycles. The third-order valence-electron chi connectivity index (χ3n) is 3.01. The van der Waals surface area contributed by atoms with Crippen molar-refractivity contribution in [3.63, 3.8) is 0 Å². The summed E-state index contributed by atoms with van der Waals surface area (Å²) in [4.78, 5) is 0. The van der Waals surface area contributed by atoms with Crippen LogP contribution in [0.5, 0.6) is 11.5 Å². The summed E-state index contributed by atoms with van der Waals surface area (Å²) < 4.78 is 17.6. The van der Waals surface area contributed by atoms with E-state index in [1.165, 1.54) is 5.56 Å². The van der Waals surface area contributed by atoms with E-state index >= 15 is 0 Å². The van der Waals surface area contributed by atoms with Crippen molar-refractivity contribution in [3.05, 3.63) is 23.8 Å². The molecule has 0 amide bonds. The maximum atomic E-state index is 6.01. The first-order valence-electron chi connectivity index (χ1n) is 6.63. The molecule has 19 heavy (non-hydrogen) atoms. The molecule has 1 aromatic rings. The Morgan fingerprint density at radius 3 is 2.74 bits per heavy atom. The monoisotopic (exact) mass is 300 g/mol. The Balaban J connectivity index is 2.29. The van der Waals surface area contributed by atoms with Crippen LogP contribution >= 0.6 is 6.49 Å². The van der Waals surface area contributed by atoms with E-state index in [4.69, 9.17) is 25.6 Å². The largest absolute Gasteiger partial charge is 0.483 e. The van der Waals surface area contributed by atoms with E-state index < -0.39 is 6.49 Å². The predicted molar refractivity (Wildman–Crippen MR) is 81.9 cm³/mol. The third-order valence-corrected chi connectivity index (χ3v) is 6.22. The minimum atomic E-state index is -2.24. The predicted octanol–water partition coefficient (Wildman–Crippen LogP) is 4.14. The highest BCUT2D eigenvalue weighted by atomic mass is 32.5. The van der Waals surface area contributed by atoms with Gasteiger partial charge in [0.15, 0.2) is 11.5 Å². The molecule has 106 valence electrons. The second-order valence-corrected chi connectivity index (χ2v) is 9.18. The standard InChI is InChI=1S/C14H21O3PS/c1-5-15-18(19,6-2)17-12-9-7-8-11-10-14(3,4)16-13(11)12/h7-9H,5-6,10H2,1-4H3. The Morgan fingerprint density at radius 2 is 2.11 bits per heavy atom. The van der Waals surface area contributed by atoms with Gasteiger partial charge < -0.3 is 13.8 Å². The molecule has 1 aliphatic heterocycles. The fraction of sp³-hybridized carbons (Fsp3) is 0.571. The molecule has 0 saturated carbocycles. The van der Waals surface area contributed by atoms with Crippen molar-refractivity contribution in [1.82, 2.24) is 0 Å². The van der Waals surface area contributed by atoms with E-state index in [2.05, 4.69) is 19.9 Å². The molecule has 1 aliphatic rings. The Morgan fingerprint density at radius 1 is 1.37 bits per heavy atom. The molecule has 5 heteroatoms. The van der Waals surface area contributed by atoms with Gasteiger partial charge in [-0.2, -0.15) is 0 Å². The first-order chi connectivity index (χ1) is 8.89. The van der Waals surface area contributed by atoms with Crippen LogP contribution in [-0.4, -0.2) is 18.4 Å². The molecule has 1 aromatic carbocycles. The first-order valence-corrected chi connectivity index (χ1v) is 9.45. The minimum Gasteiger partial charge on any atom is -0.483 e. The van der Waals surface area contributed by atoms with Gasteiger partial charge in [0.05, 0.1) is 6.61 Å². The van der Waals surface area contributed by atoms with Gasteiger partial charge in [0, 0.05) is 18.1 Å². The van der Waals surface area contributed by atoms with E-state index in [-0.39, 0.29) is 5.60 Å². The van der Waals surface area contributed by atoms with Gasteiger partial charge in [-0.1, -0.05) is 19.1 Å². The fourth-order valence-electron chi connectivity index (χ4n) is 2.19. The van der Waals surface area contributed by atoms with Crippen LogP contribution in [0.15, 0.2) is 18.2 Å². The normalized spacial score (nSPS) is 19.4. The van der Waals surface area contributed by atoms with Crippen LogP contribution in [0.1, 0.15) is 33.3 Å². The molecule has 0 bridgehead atoms. The molecule has 2 rings (SSSR count). The molecule has 0 N–H and O–H groups in total. The topological polar surface area (TPSA) is 27.7 Å². The third kappa shape index (κ3) is 3.31. The van der Waals surface area contributed by atoms with Crippen LogP contribution in [0.25, 0.3) is 0 Å². The Labute approximate surface area is 120 Å². The fourth-order valence-corrected chi connectivity index (χ4v) is 3.95. The van der Waals surface area contributed by atoms with E-state index in [0.29, 0.717) is 12.8 Å². The molecule has 1 heterocycles. The van der Waals surface area contributed by atoms with E-state index in [1.807, 2.05) is 26.0 Å². The van der Waals surface area contributed by atoms with Gasteiger partial charge in [0.2, 0.25) is 6.49 Å². The SMILES string of the molecule is CCOP(=S)(CC)Oc1cccc2c1OC(C)(C)C2. The molecular weight excluding hydrogens is 279 g/mol. The number of fused-ring (bicyclic) bond motifs is 1. The molecular formula is C14H21O3PS. The van der Waals surface area contributed by atoms with Crippen molar-refractivity contribution in [2.75, 3.05) is 12.8 Å². The van der Waals surface area contributed by atoms with Crippen LogP contribution in [-0.2, 0) is 22.8 Å². The zero-order valence-corrected chi connectivity index (χ0v) is 13.6. The van der Waals surface area contributed by atoms with Crippen LogP contribution in [0.3, 0.4) is 0 Å². The highest BCUT2D eigenvalue weighted by molar-refractivity contribution is 8.10. The maximum absolute atomic E-state index is 6.01. The minimum absolute atomic E-state index is 0.178. The summed E-state index contributed by atoms with van der Waals surface area (Å²) in [6, 6.07) is 5.98. The summed E-state index contributed by atoms with van der Waals surface area (Å²) in [5.74, 6) is 1.55. The summed E-state index contributed by atoms with van der Waals surface area (Å²) in [5, 5.41) is 0. The van der Waals surface area contributed by atoms with Crippen LogP contribution in [0, 0.1) is 0 Å². The summed E-state index contributed by atoms with van der Waals surface area (Å²) >= 11 is 5.52. The zero-order valence-electron chi connectivity index (χ0n) is 11.9. The maximum Gasteiger partial charge on any atom is 0.238 e.